The molecule has 0 aromatic heterocycles. The Kier molecular flexibility index (Phi) is 5.36. The van der Waals surface area contributed by atoms with Crippen molar-refractivity contribution in [3.8, 4) is 5.75 Å². The Labute approximate surface area is 107 Å². The average molecular weight is 250 g/mol. The van der Waals surface area contributed by atoms with E-state index in [9.17, 15) is 9.59 Å². The summed E-state index contributed by atoms with van der Waals surface area (Å²) in [5.41, 5.74) is 1.59. The van der Waals surface area contributed by atoms with Crippen LogP contribution in [-0.2, 0) is 9.53 Å². The first-order valence-corrected chi connectivity index (χ1v) is 5.86. The van der Waals surface area contributed by atoms with E-state index < -0.39 is 0 Å². The molecular formula is C14H18O4. The molecule has 0 unspecified atom stereocenters. The SMILES string of the molecule is COC(=O)CCCOc1ccc(C(C)=O)cc1C. The zero-order valence-electron chi connectivity index (χ0n) is 11.0. The largest absolute Gasteiger partial charge is 0.493 e. The fraction of sp³-hybridized carbons (Fsp3) is 0.429. The smallest absolute Gasteiger partial charge is 0.305 e. The van der Waals surface area contributed by atoms with Crippen LogP contribution in [0.1, 0.15) is 35.7 Å². The zero-order chi connectivity index (χ0) is 13.5. The lowest BCUT2D eigenvalue weighted by molar-refractivity contribution is -0.140. The van der Waals surface area contributed by atoms with Gasteiger partial charge in [0.25, 0.3) is 0 Å². The summed E-state index contributed by atoms with van der Waals surface area (Å²) in [5.74, 6) is 0.544. The number of methoxy groups -OCH3 is 1. The molecule has 98 valence electrons. The predicted octanol–water partition coefficient (Wildman–Crippen LogP) is 2.53. The maximum absolute atomic E-state index is 11.2. The third kappa shape index (κ3) is 4.20. The predicted molar refractivity (Wildman–Crippen MR) is 67.9 cm³/mol. The van der Waals surface area contributed by atoms with E-state index in [2.05, 4.69) is 4.74 Å². The third-order valence-corrected chi connectivity index (χ3v) is 2.59. The highest BCUT2D eigenvalue weighted by atomic mass is 16.5. The number of benzene rings is 1. The van der Waals surface area contributed by atoms with Gasteiger partial charge < -0.3 is 9.47 Å². The Morgan fingerprint density at radius 3 is 2.56 bits per heavy atom. The van der Waals surface area contributed by atoms with Gasteiger partial charge in [0.1, 0.15) is 5.75 Å². The first-order valence-electron chi connectivity index (χ1n) is 5.86. The molecule has 4 nitrogen and oxygen atoms in total. The first-order chi connectivity index (χ1) is 8.54. The second kappa shape index (κ2) is 6.79. The lowest BCUT2D eigenvalue weighted by Crippen LogP contribution is -2.05. The molecule has 0 heterocycles. The summed E-state index contributed by atoms with van der Waals surface area (Å²) in [5, 5.41) is 0. The van der Waals surface area contributed by atoms with Crippen molar-refractivity contribution in [1.82, 2.24) is 0 Å². The monoisotopic (exact) mass is 250 g/mol. The normalized spacial score (nSPS) is 9.94. The lowest BCUT2D eigenvalue weighted by Gasteiger charge is -2.09. The number of Topliss-reactive ketones (excluding diaryl/α,β-unsaturated/α-hetero) is 1. The van der Waals surface area contributed by atoms with Crippen LogP contribution in [0.5, 0.6) is 5.75 Å². The number of esters is 1. The van der Waals surface area contributed by atoms with Crippen LogP contribution in [0, 0.1) is 6.92 Å². The van der Waals surface area contributed by atoms with Gasteiger partial charge in [-0.05, 0) is 44.0 Å². The minimum absolute atomic E-state index is 0.0374. The Morgan fingerprint density at radius 1 is 1.28 bits per heavy atom. The van der Waals surface area contributed by atoms with Gasteiger partial charge in [-0.1, -0.05) is 0 Å². The molecule has 4 heteroatoms. The molecular weight excluding hydrogens is 232 g/mol. The molecule has 0 atom stereocenters. The van der Waals surface area contributed by atoms with Crippen LogP contribution in [-0.4, -0.2) is 25.5 Å². The van der Waals surface area contributed by atoms with Gasteiger partial charge in [0.15, 0.2) is 5.78 Å². The van der Waals surface area contributed by atoms with Gasteiger partial charge in [-0.25, -0.2) is 0 Å². The summed E-state index contributed by atoms with van der Waals surface area (Å²) in [6.07, 6.45) is 0.960. The summed E-state index contributed by atoms with van der Waals surface area (Å²) in [6.45, 7) is 3.88. The number of aryl methyl sites for hydroxylation is 1. The van der Waals surface area contributed by atoms with Crippen LogP contribution in [0.3, 0.4) is 0 Å². The minimum atomic E-state index is -0.234. The van der Waals surface area contributed by atoms with E-state index in [1.54, 1.807) is 18.2 Å². The Bertz CT molecular complexity index is 437. The van der Waals surface area contributed by atoms with E-state index in [1.165, 1.54) is 14.0 Å². The summed E-state index contributed by atoms with van der Waals surface area (Å²) in [4.78, 5) is 22.1. The van der Waals surface area contributed by atoms with Crippen LogP contribution >= 0.6 is 0 Å². The van der Waals surface area contributed by atoms with Crippen molar-refractivity contribution < 1.29 is 19.1 Å². The molecule has 0 aliphatic heterocycles. The molecule has 0 bridgehead atoms. The van der Waals surface area contributed by atoms with Crippen molar-refractivity contribution in [2.45, 2.75) is 26.7 Å². The number of carbonyl (C=O) groups is 2. The highest BCUT2D eigenvalue weighted by molar-refractivity contribution is 5.94. The average Bonchev–Trinajstić information content (AvgIpc) is 2.35. The quantitative estimate of drug-likeness (QED) is 0.442. The van der Waals surface area contributed by atoms with Gasteiger partial charge in [-0.15, -0.1) is 0 Å². The van der Waals surface area contributed by atoms with Gasteiger partial charge in [0.05, 0.1) is 13.7 Å². The van der Waals surface area contributed by atoms with Crippen molar-refractivity contribution >= 4 is 11.8 Å². The molecule has 1 aromatic rings. The topological polar surface area (TPSA) is 52.6 Å². The fourth-order valence-corrected chi connectivity index (χ4v) is 1.53. The summed E-state index contributed by atoms with van der Waals surface area (Å²) in [7, 11) is 1.37. The zero-order valence-corrected chi connectivity index (χ0v) is 11.0. The molecule has 0 spiro atoms. The summed E-state index contributed by atoms with van der Waals surface area (Å²) in [6, 6.07) is 5.33. The molecule has 1 aromatic carbocycles. The van der Waals surface area contributed by atoms with Crippen LogP contribution in [0.4, 0.5) is 0 Å². The van der Waals surface area contributed by atoms with Crippen molar-refractivity contribution in [3.63, 3.8) is 0 Å². The van der Waals surface area contributed by atoms with Crippen molar-refractivity contribution in [2.24, 2.45) is 0 Å². The van der Waals surface area contributed by atoms with Crippen LogP contribution < -0.4 is 4.74 Å². The van der Waals surface area contributed by atoms with E-state index in [1.807, 2.05) is 6.92 Å². The highest BCUT2D eigenvalue weighted by Gasteiger charge is 2.05. The van der Waals surface area contributed by atoms with E-state index >= 15 is 0 Å². The summed E-state index contributed by atoms with van der Waals surface area (Å²) >= 11 is 0. The summed E-state index contributed by atoms with van der Waals surface area (Å²) < 4.78 is 10.1. The number of hydrogen-bond acceptors (Lipinski definition) is 4. The highest BCUT2D eigenvalue weighted by Crippen LogP contribution is 2.19. The fourth-order valence-electron chi connectivity index (χ4n) is 1.53. The van der Waals surface area contributed by atoms with E-state index in [4.69, 9.17) is 4.74 Å². The molecule has 18 heavy (non-hydrogen) atoms. The Hall–Kier alpha value is -1.84. The number of ketones is 1. The molecule has 0 saturated heterocycles. The van der Waals surface area contributed by atoms with Crippen molar-refractivity contribution in [3.05, 3.63) is 29.3 Å². The molecule has 0 radical (unpaired) electrons. The second-order valence-corrected chi connectivity index (χ2v) is 4.06. The minimum Gasteiger partial charge on any atom is -0.493 e. The molecule has 0 fully saturated rings. The van der Waals surface area contributed by atoms with Crippen LogP contribution in [0.25, 0.3) is 0 Å². The molecule has 0 amide bonds. The maximum atomic E-state index is 11.2. The van der Waals surface area contributed by atoms with Crippen molar-refractivity contribution in [1.29, 1.82) is 0 Å². The first kappa shape index (κ1) is 14.2. The molecule has 0 aliphatic carbocycles. The maximum Gasteiger partial charge on any atom is 0.305 e. The van der Waals surface area contributed by atoms with E-state index in [0.29, 0.717) is 25.0 Å². The molecule has 1 rings (SSSR count). The van der Waals surface area contributed by atoms with Crippen molar-refractivity contribution in [2.75, 3.05) is 13.7 Å². The van der Waals surface area contributed by atoms with E-state index in [-0.39, 0.29) is 11.8 Å². The lowest BCUT2D eigenvalue weighted by atomic mass is 10.1. The Balaban J connectivity index is 2.48. The second-order valence-electron chi connectivity index (χ2n) is 4.06. The van der Waals surface area contributed by atoms with Crippen LogP contribution in [0.2, 0.25) is 0 Å². The van der Waals surface area contributed by atoms with Crippen LogP contribution in [0.15, 0.2) is 18.2 Å². The number of carbonyl (C=O) groups excluding carboxylic acids is 2. The van der Waals surface area contributed by atoms with Gasteiger partial charge in [0, 0.05) is 12.0 Å². The van der Waals surface area contributed by atoms with Gasteiger partial charge in [0.2, 0.25) is 0 Å². The number of hydrogen-bond donors (Lipinski definition) is 0. The molecule has 0 N–H and O–H groups in total. The molecule has 0 saturated carbocycles. The van der Waals surface area contributed by atoms with Gasteiger partial charge in [-0.3, -0.25) is 9.59 Å². The number of rotatable bonds is 6. The number of ether oxygens (including phenoxy) is 2. The van der Waals surface area contributed by atoms with E-state index in [0.717, 1.165) is 11.3 Å². The Morgan fingerprint density at radius 2 is 2.00 bits per heavy atom. The molecule has 0 aliphatic rings. The standard InChI is InChI=1S/C14H18O4/c1-10-9-12(11(2)15)6-7-13(10)18-8-4-5-14(16)17-3/h6-7,9H,4-5,8H2,1-3H3. The third-order valence-electron chi connectivity index (χ3n) is 2.59. The van der Waals surface area contributed by atoms with Gasteiger partial charge in [-0.2, -0.15) is 0 Å². The van der Waals surface area contributed by atoms with Gasteiger partial charge >= 0.3 is 5.97 Å².